The van der Waals surface area contributed by atoms with Crippen LogP contribution in [0.3, 0.4) is 0 Å². The minimum Gasteiger partial charge on any atom is -0.399 e. The fraction of sp³-hybridized carbons (Fsp3) is 0.182. The van der Waals surface area contributed by atoms with Crippen LogP contribution in [0.2, 0.25) is 0 Å². The summed E-state index contributed by atoms with van der Waals surface area (Å²) in [5.74, 6) is -0.324. The van der Waals surface area contributed by atoms with Gasteiger partial charge in [-0.15, -0.1) is 0 Å². The lowest BCUT2D eigenvalue weighted by Gasteiger charge is -2.06. The van der Waals surface area contributed by atoms with Crippen molar-refractivity contribution in [3.63, 3.8) is 0 Å². The summed E-state index contributed by atoms with van der Waals surface area (Å²) in [6, 6.07) is 6.35. The standard InChI is InChI=1S/C11H12FN3/c1-7-5-8(2)15(14-7)11-6-9(13)3-4-10(11)12/h3-6H,13H2,1-2H3. The molecule has 2 N–H and O–H groups in total. The largest absolute Gasteiger partial charge is 0.399 e. The molecule has 0 aliphatic carbocycles. The van der Waals surface area contributed by atoms with Crippen LogP contribution in [0.25, 0.3) is 5.69 Å². The van der Waals surface area contributed by atoms with Crippen molar-refractivity contribution >= 4 is 5.69 Å². The Labute approximate surface area is 87.3 Å². The number of nitrogens with two attached hydrogens (primary N) is 1. The second kappa shape index (κ2) is 3.38. The number of halogens is 1. The topological polar surface area (TPSA) is 43.8 Å². The van der Waals surface area contributed by atoms with Gasteiger partial charge in [-0.25, -0.2) is 9.07 Å². The van der Waals surface area contributed by atoms with Gasteiger partial charge in [0.1, 0.15) is 11.5 Å². The van der Waals surface area contributed by atoms with Crippen molar-refractivity contribution in [1.82, 2.24) is 9.78 Å². The molecular weight excluding hydrogens is 193 g/mol. The van der Waals surface area contributed by atoms with E-state index >= 15 is 0 Å². The minimum absolute atomic E-state index is 0.324. The average molecular weight is 205 g/mol. The summed E-state index contributed by atoms with van der Waals surface area (Å²) in [6.07, 6.45) is 0. The fourth-order valence-corrected chi connectivity index (χ4v) is 1.56. The quantitative estimate of drug-likeness (QED) is 0.725. The van der Waals surface area contributed by atoms with Crippen LogP contribution in [0.5, 0.6) is 0 Å². The van der Waals surface area contributed by atoms with Crippen molar-refractivity contribution in [2.45, 2.75) is 13.8 Å². The molecule has 0 saturated carbocycles. The molecule has 1 aromatic carbocycles. The SMILES string of the molecule is Cc1cc(C)n(-c2cc(N)ccc2F)n1. The second-order valence-corrected chi connectivity index (χ2v) is 3.55. The van der Waals surface area contributed by atoms with Gasteiger partial charge in [0, 0.05) is 11.4 Å². The number of nitrogen functional groups attached to an aromatic ring is 1. The molecule has 0 aliphatic rings. The predicted molar refractivity (Wildman–Crippen MR) is 57.4 cm³/mol. The number of rotatable bonds is 1. The zero-order valence-electron chi connectivity index (χ0n) is 8.66. The van der Waals surface area contributed by atoms with Crippen molar-refractivity contribution in [3.8, 4) is 5.69 Å². The van der Waals surface area contributed by atoms with Gasteiger partial charge in [0.25, 0.3) is 0 Å². The van der Waals surface area contributed by atoms with E-state index < -0.39 is 0 Å². The zero-order valence-corrected chi connectivity index (χ0v) is 8.66. The Kier molecular flexibility index (Phi) is 2.19. The van der Waals surface area contributed by atoms with Crippen LogP contribution in [0.15, 0.2) is 24.3 Å². The highest BCUT2D eigenvalue weighted by Crippen LogP contribution is 2.18. The minimum atomic E-state index is -0.324. The molecule has 0 saturated heterocycles. The van der Waals surface area contributed by atoms with E-state index in [0.717, 1.165) is 11.4 Å². The molecular formula is C11H12FN3. The van der Waals surface area contributed by atoms with E-state index in [1.54, 1.807) is 10.7 Å². The maximum atomic E-state index is 13.5. The van der Waals surface area contributed by atoms with E-state index in [2.05, 4.69) is 5.10 Å². The Hall–Kier alpha value is -1.84. The number of benzene rings is 1. The highest BCUT2D eigenvalue weighted by molar-refractivity contribution is 5.48. The smallest absolute Gasteiger partial charge is 0.149 e. The monoisotopic (exact) mass is 205 g/mol. The number of hydrogen-bond acceptors (Lipinski definition) is 2. The summed E-state index contributed by atoms with van der Waals surface area (Å²) in [5, 5.41) is 4.20. The molecule has 0 radical (unpaired) electrons. The number of aromatic nitrogens is 2. The van der Waals surface area contributed by atoms with E-state index in [4.69, 9.17) is 5.73 Å². The van der Waals surface area contributed by atoms with Crippen LogP contribution >= 0.6 is 0 Å². The predicted octanol–water partition coefficient (Wildman–Crippen LogP) is 2.21. The van der Waals surface area contributed by atoms with E-state index in [1.807, 2.05) is 19.9 Å². The molecule has 0 spiro atoms. The van der Waals surface area contributed by atoms with E-state index in [0.29, 0.717) is 11.4 Å². The van der Waals surface area contributed by atoms with Crippen LogP contribution in [-0.4, -0.2) is 9.78 Å². The van der Waals surface area contributed by atoms with Crippen LogP contribution in [0.1, 0.15) is 11.4 Å². The maximum Gasteiger partial charge on any atom is 0.149 e. The lowest BCUT2D eigenvalue weighted by Crippen LogP contribution is -2.03. The lowest BCUT2D eigenvalue weighted by molar-refractivity contribution is 0.608. The van der Waals surface area contributed by atoms with Gasteiger partial charge in [-0.2, -0.15) is 5.10 Å². The van der Waals surface area contributed by atoms with Gasteiger partial charge in [-0.3, -0.25) is 0 Å². The molecule has 78 valence electrons. The number of anilines is 1. The molecule has 0 unspecified atom stereocenters. The summed E-state index contributed by atoms with van der Waals surface area (Å²) in [6.45, 7) is 3.75. The van der Waals surface area contributed by atoms with Crippen molar-refractivity contribution in [3.05, 3.63) is 41.5 Å². The molecule has 0 fully saturated rings. The molecule has 0 bridgehead atoms. The third kappa shape index (κ3) is 1.70. The van der Waals surface area contributed by atoms with Gasteiger partial charge >= 0.3 is 0 Å². The molecule has 3 nitrogen and oxygen atoms in total. The van der Waals surface area contributed by atoms with Gasteiger partial charge in [-0.05, 0) is 38.1 Å². The number of aryl methyl sites for hydroxylation is 2. The van der Waals surface area contributed by atoms with Crippen molar-refractivity contribution in [2.75, 3.05) is 5.73 Å². The molecule has 2 aromatic rings. The summed E-state index contributed by atoms with van der Waals surface area (Å²) < 4.78 is 15.1. The Morgan fingerprint density at radius 1 is 1.27 bits per heavy atom. The first-order valence-electron chi connectivity index (χ1n) is 4.66. The number of nitrogens with zero attached hydrogens (tertiary/aromatic N) is 2. The molecule has 2 rings (SSSR count). The van der Waals surface area contributed by atoms with Crippen molar-refractivity contribution in [2.24, 2.45) is 0 Å². The zero-order chi connectivity index (χ0) is 11.0. The van der Waals surface area contributed by atoms with Gasteiger partial charge < -0.3 is 5.73 Å². The molecule has 0 aliphatic heterocycles. The van der Waals surface area contributed by atoms with Gasteiger partial charge in [-0.1, -0.05) is 0 Å². The van der Waals surface area contributed by atoms with Gasteiger partial charge in [0.15, 0.2) is 0 Å². The first-order valence-corrected chi connectivity index (χ1v) is 4.66. The van der Waals surface area contributed by atoms with Gasteiger partial charge in [0.2, 0.25) is 0 Å². The van der Waals surface area contributed by atoms with Crippen molar-refractivity contribution in [1.29, 1.82) is 0 Å². The van der Waals surface area contributed by atoms with E-state index in [1.165, 1.54) is 12.1 Å². The van der Waals surface area contributed by atoms with Crippen LogP contribution < -0.4 is 5.73 Å². The fourth-order valence-electron chi connectivity index (χ4n) is 1.56. The Morgan fingerprint density at radius 3 is 2.60 bits per heavy atom. The van der Waals surface area contributed by atoms with Gasteiger partial charge in [0.05, 0.1) is 5.69 Å². The van der Waals surface area contributed by atoms with Crippen LogP contribution in [0, 0.1) is 19.7 Å². The third-order valence-corrected chi connectivity index (χ3v) is 2.21. The van der Waals surface area contributed by atoms with Crippen LogP contribution in [0.4, 0.5) is 10.1 Å². The lowest BCUT2D eigenvalue weighted by atomic mass is 10.2. The molecule has 15 heavy (non-hydrogen) atoms. The molecule has 1 heterocycles. The van der Waals surface area contributed by atoms with Crippen LogP contribution in [-0.2, 0) is 0 Å². The highest BCUT2D eigenvalue weighted by Gasteiger charge is 2.08. The highest BCUT2D eigenvalue weighted by atomic mass is 19.1. The Balaban J connectivity index is 2.62. The Bertz CT molecular complexity index is 503. The summed E-state index contributed by atoms with van der Waals surface area (Å²) in [4.78, 5) is 0. The normalized spacial score (nSPS) is 10.6. The second-order valence-electron chi connectivity index (χ2n) is 3.55. The first-order chi connectivity index (χ1) is 7.08. The van der Waals surface area contributed by atoms with E-state index in [9.17, 15) is 4.39 Å². The first kappa shape index (κ1) is 9.71. The molecule has 1 aromatic heterocycles. The summed E-state index contributed by atoms with van der Waals surface area (Å²) in [5.41, 5.74) is 8.27. The third-order valence-electron chi connectivity index (χ3n) is 2.21. The molecule has 4 heteroatoms. The average Bonchev–Trinajstić information content (AvgIpc) is 2.50. The summed E-state index contributed by atoms with van der Waals surface area (Å²) in [7, 11) is 0. The number of hydrogen-bond donors (Lipinski definition) is 1. The van der Waals surface area contributed by atoms with Crippen molar-refractivity contribution < 1.29 is 4.39 Å². The van der Waals surface area contributed by atoms with E-state index in [-0.39, 0.29) is 5.82 Å². The maximum absolute atomic E-state index is 13.5. The molecule has 0 amide bonds. The summed E-state index contributed by atoms with van der Waals surface area (Å²) >= 11 is 0. The molecule has 0 atom stereocenters. The Morgan fingerprint density at radius 2 is 2.00 bits per heavy atom.